The third kappa shape index (κ3) is 6.04. The summed E-state index contributed by atoms with van der Waals surface area (Å²) in [4.78, 5) is 23.5. The lowest BCUT2D eigenvalue weighted by Gasteiger charge is -2.08. The molecular weight excluding hydrogens is 382 g/mol. The molecule has 23 heavy (non-hydrogen) atoms. The van der Waals surface area contributed by atoms with Gasteiger partial charge in [-0.05, 0) is 39.7 Å². The Morgan fingerprint density at radius 3 is 2.57 bits per heavy atom. The molecule has 1 amide bonds. The predicted molar refractivity (Wildman–Crippen MR) is 92.6 cm³/mol. The van der Waals surface area contributed by atoms with Crippen LogP contribution < -0.4 is 10.1 Å². The van der Waals surface area contributed by atoms with Gasteiger partial charge >= 0.3 is 5.97 Å². The van der Waals surface area contributed by atoms with E-state index < -0.39 is 5.97 Å². The van der Waals surface area contributed by atoms with Crippen molar-refractivity contribution in [2.75, 3.05) is 6.54 Å². The van der Waals surface area contributed by atoms with Crippen LogP contribution in [-0.2, 0) is 16.0 Å². The smallest absolute Gasteiger partial charge is 0.313 e. The molecule has 0 spiro atoms. The number of hydrogen-bond donors (Lipinski definition) is 1. The zero-order valence-corrected chi connectivity index (χ0v) is 14.6. The summed E-state index contributed by atoms with van der Waals surface area (Å²) in [5.41, 5.74) is 0.928. The van der Waals surface area contributed by atoms with E-state index in [2.05, 4.69) is 21.2 Å². The lowest BCUT2D eigenvalue weighted by Crippen LogP contribution is -2.28. The van der Waals surface area contributed by atoms with E-state index in [9.17, 15) is 9.59 Å². The average Bonchev–Trinajstić information content (AvgIpc) is 2.51. The van der Waals surface area contributed by atoms with E-state index in [1.165, 1.54) is 0 Å². The molecule has 0 aliphatic heterocycles. The number of esters is 1. The van der Waals surface area contributed by atoms with Crippen molar-refractivity contribution in [2.24, 2.45) is 0 Å². The van der Waals surface area contributed by atoms with Crippen LogP contribution in [0.15, 0.2) is 53.0 Å². The van der Waals surface area contributed by atoms with Crippen molar-refractivity contribution in [3.63, 3.8) is 0 Å². The summed E-state index contributed by atoms with van der Waals surface area (Å²) in [5.74, 6) is -0.153. The maximum absolute atomic E-state index is 11.8. The van der Waals surface area contributed by atoms with Crippen LogP contribution in [0.25, 0.3) is 0 Å². The first kappa shape index (κ1) is 17.5. The van der Waals surface area contributed by atoms with Gasteiger partial charge in [0.25, 0.3) is 0 Å². The molecule has 1 N–H and O–H groups in total. The Morgan fingerprint density at radius 1 is 1.13 bits per heavy atom. The van der Waals surface area contributed by atoms with Gasteiger partial charge in [-0.3, -0.25) is 9.59 Å². The monoisotopic (exact) mass is 395 g/mol. The highest BCUT2D eigenvalue weighted by Gasteiger charge is 2.09. The second-order valence-corrected chi connectivity index (χ2v) is 6.10. The van der Waals surface area contributed by atoms with Gasteiger partial charge < -0.3 is 10.1 Å². The molecule has 0 aliphatic carbocycles. The summed E-state index contributed by atoms with van der Waals surface area (Å²) in [6.07, 6.45) is 0.383. The highest BCUT2D eigenvalue weighted by molar-refractivity contribution is 9.10. The number of rotatable bonds is 6. The normalized spacial score (nSPS) is 10.2. The van der Waals surface area contributed by atoms with Crippen molar-refractivity contribution in [1.29, 1.82) is 0 Å². The molecule has 2 rings (SSSR count). The SMILES string of the molecule is O=C(Cc1ccccc1)NCCC(=O)Oc1ccc(Cl)cc1Br. The van der Waals surface area contributed by atoms with Crippen molar-refractivity contribution >= 4 is 39.4 Å². The third-order valence-corrected chi connectivity index (χ3v) is 3.83. The highest BCUT2D eigenvalue weighted by Crippen LogP contribution is 2.28. The van der Waals surface area contributed by atoms with Crippen LogP contribution in [0.4, 0.5) is 0 Å². The lowest BCUT2D eigenvalue weighted by atomic mass is 10.1. The molecule has 0 aromatic heterocycles. The van der Waals surface area contributed by atoms with E-state index in [1.54, 1.807) is 18.2 Å². The van der Waals surface area contributed by atoms with Gasteiger partial charge in [-0.15, -0.1) is 0 Å². The zero-order chi connectivity index (χ0) is 16.7. The molecule has 6 heteroatoms. The van der Waals surface area contributed by atoms with E-state index >= 15 is 0 Å². The number of benzene rings is 2. The van der Waals surface area contributed by atoms with Gasteiger partial charge in [0.2, 0.25) is 5.91 Å². The topological polar surface area (TPSA) is 55.4 Å². The standard InChI is InChI=1S/C17H15BrClNO3/c18-14-11-13(19)6-7-15(14)23-17(22)8-9-20-16(21)10-12-4-2-1-3-5-12/h1-7,11H,8-10H2,(H,20,21). The first-order chi connectivity index (χ1) is 11.0. The molecule has 2 aromatic rings. The lowest BCUT2D eigenvalue weighted by molar-refractivity contribution is -0.134. The Balaban J connectivity index is 1.73. The van der Waals surface area contributed by atoms with Gasteiger partial charge in [0.1, 0.15) is 5.75 Å². The van der Waals surface area contributed by atoms with Crippen molar-refractivity contribution in [3.8, 4) is 5.75 Å². The summed E-state index contributed by atoms with van der Waals surface area (Å²) < 4.78 is 5.81. The summed E-state index contributed by atoms with van der Waals surface area (Å²) in [5, 5.41) is 3.25. The maximum atomic E-state index is 11.8. The van der Waals surface area contributed by atoms with Gasteiger partial charge in [0.15, 0.2) is 0 Å². The van der Waals surface area contributed by atoms with Crippen molar-refractivity contribution in [3.05, 3.63) is 63.6 Å². The number of halogens is 2. The molecule has 4 nitrogen and oxygen atoms in total. The molecule has 0 radical (unpaired) electrons. The van der Waals surface area contributed by atoms with E-state index in [0.29, 0.717) is 21.7 Å². The fourth-order valence-electron chi connectivity index (χ4n) is 1.88. The first-order valence-corrected chi connectivity index (χ1v) is 8.18. The van der Waals surface area contributed by atoms with Gasteiger partial charge in [-0.1, -0.05) is 41.9 Å². The average molecular weight is 397 g/mol. The minimum atomic E-state index is -0.423. The first-order valence-electron chi connectivity index (χ1n) is 7.01. The third-order valence-electron chi connectivity index (χ3n) is 2.98. The van der Waals surface area contributed by atoms with Crippen LogP contribution >= 0.6 is 27.5 Å². The van der Waals surface area contributed by atoms with Crippen LogP contribution in [0.5, 0.6) is 5.75 Å². The quantitative estimate of drug-likeness (QED) is 0.597. The second kappa shape index (κ2) is 8.70. The number of amides is 1. The van der Waals surface area contributed by atoms with Crippen LogP contribution in [0.3, 0.4) is 0 Å². The molecular formula is C17H15BrClNO3. The Labute approximate surface area is 147 Å². The van der Waals surface area contributed by atoms with Crippen molar-refractivity contribution in [2.45, 2.75) is 12.8 Å². The molecule has 120 valence electrons. The van der Waals surface area contributed by atoms with Gasteiger partial charge in [-0.2, -0.15) is 0 Å². The van der Waals surface area contributed by atoms with Gasteiger partial charge in [0.05, 0.1) is 17.3 Å². The van der Waals surface area contributed by atoms with Crippen molar-refractivity contribution in [1.82, 2.24) is 5.32 Å². The molecule has 0 unspecified atom stereocenters. The Morgan fingerprint density at radius 2 is 1.87 bits per heavy atom. The van der Waals surface area contributed by atoms with Gasteiger partial charge in [0, 0.05) is 11.6 Å². The number of nitrogens with one attached hydrogen (secondary N) is 1. The van der Waals surface area contributed by atoms with Crippen LogP contribution in [0, 0.1) is 0 Å². The Bertz CT molecular complexity index is 691. The summed E-state index contributed by atoms with van der Waals surface area (Å²) in [7, 11) is 0. The molecule has 0 bridgehead atoms. The Hall–Kier alpha value is -1.85. The molecule has 0 saturated heterocycles. The number of carbonyl (C=O) groups is 2. The fourth-order valence-corrected chi connectivity index (χ4v) is 2.64. The Kier molecular flexibility index (Phi) is 6.62. The van der Waals surface area contributed by atoms with E-state index in [4.69, 9.17) is 16.3 Å². The second-order valence-electron chi connectivity index (χ2n) is 4.81. The molecule has 2 aromatic carbocycles. The number of ether oxygens (including phenoxy) is 1. The summed E-state index contributed by atoms with van der Waals surface area (Å²) in [6, 6.07) is 14.3. The van der Waals surface area contributed by atoms with Crippen LogP contribution in [0.2, 0.25) is 5.02 Å². The van der Waals surface area contributed by atoms with Crippen LogP contribution in [0.1, 0.15) is 12.0 Å². The highest BCUT2D eigenvalue weighted by atomic mass is 79.9. The molecule has 0 fully saturated rings. The maximum Gasteiger partial charge on any atom is 0.313 e. The molecule has 0 aliphatic rings. The minimum absolute atomic E-state index is 0.0929. The molecule has 0 saturated carbocycles. The summed E-state index contributed by atoms with van der Waals surface area (Å²) >= 11 is 9.09. The predicted octanol–water partition coefficient (Wildman–Crippen LogP) is 3.76. The molecule has 0 heterocycles. The number of hydrogen-bond acceptors (Lipinski definition) is 3. The summed E-state index contributed by atoms with van der Waals surface area (Å²) in [6.45, 7) is 0.232. The largest absolute Gasteiger partial charge is 0.425 e. The van der Waals surface area contributed by atoms with E-state index in [-0.39, 0.29) is 18.9 Å². The fraction of sp³-hybridized carbons (Fsp3) is 0.176. The van der Waals surface area contributed by atoms with Gasteiger partial charge in [-0.25, -0.2) is 0 Å². The zero-order valence-electron chi connectivity index (χ0n) is 12.2. The minimum Gasteiger partial charge on any atom is -0.425 e. The van der Waals surface area contributed by atoms with E-state index in [0.717, 1.165) is 5.56 Å². The van der Waals surface area contributed by atoms with Crippen LogP contribution in [-0.4, -0.2) is 18.4 Å². The van der Waals surface area contributed by atoms with Crippen molar-refractivity contribution < 1.29 is 14.3 Å². The van der Waals surface area contributed by atoms with E-state index in [1.807, 2.05) is 30.3 Å². The molecule has 0 atom stereocenters. The number of carbonyl (C=O) groups excluding carboxylic acids is 2.